The minimum atomic E-state index is -4.11. The summed E-state index contributed by atoms with van der Waals surface area (Å²) >= 11 is 0. The Morgan fingerprint density at radius 1 is 0.970 bits per heavy atom. The van der Waals surface area contributed by atoms with E-state index in [4.69, 9.17) is 9.73 Å². The first-order valence-corrected chi connectivity index (χ1v) is 12.2. The number of esters is 1. The molecule has 0 aliphatic carbocycles. The maximum absolute atomic E-state index is 14.0. The van der Waals surface area contributed by atoms with E-state index in [-0.39, 0.29) is 18.0 Å². The van der Waals surface area contributed by atoms with Crippen LogP contribution in [0.25, 0.3) is 0 Å². The van der Waals surface area contributed by atoms with Crippen LogP contribution < -0.4 is 0 Å². The average molecular weight is 463 g/mol. The summed E-state index contributed by atoms with van der Waals surface area (Å²) in [6.45, 7) is 5.50. The van der Waals surface area contributed by atoms with Crippen molar-refractivity contribution in [1.29, 1.82) is 0 Å². The summed E-state index contributed by atoms with van der Waals surface area (Å²) in [5, 5.41) is 0. The zero-order chi connectivity index (χ0) is 23.6. The molecule has 1 aliphatic heterocycles. The van der Waals surface area contributed by atoms with Gasteiger partial charge in [-0.3, -0.25) is 0 Å². The summed E-state index contributed by atoms with van der Waals surface area (Å²) in [7, 11) is -4.11. The molecule has 3 aromatic carbocycles. The van der Waals surface area contributed by atoms with Crippen LogP contribution in [-0.4, -0.2) is 37.6 Å². The fourth-order valence-electron chi connectivity index (χ4n) is 3.99. The molecule has 0 fully saturated rings. The lowest BCUT2D eigenvalue weighted by Gasteiger charge is -2.33. The van der Waals surface area contributed by atoms with Crippen LogP contribution in [0.15, 0.2) is 88.8 Å². The Labute approximate surface area is 194 Å². The van der Waals surface area contributed by atoms with Crippen LogP contribution in [0.5, 0.6) is 0 Å². The largest absolute Gasteiger partial charge is 0.463 e. The van der Waals surface area contributed by atoms with Crippen molar-refractivity contribution in [2.45, 2.75) is 31.3 Å². The van der Waals surface area contributed by atoms with Gasteiger partial charge in [0.25, 0.3) is 5.66 Å². The molecule has 0 aromatic heterocycles. The number of aliphatic imine (C=N–C) groups is 1. The van der Waals surface area contributed by atoms with Crippen molar-refractivity contribution in [1.82, 2.24) is 4.31 Å². The van der Waals surface area contributed by atoms with Crippen LogP contribution in [-0.2, 0) is 25.2 Å². The van der Waals surface area contributed by atoms with E-state index in [1.807, 2.05) is 50.2 Å². The van der Waals surface area contributed by atoms with Gasteiger partial charge in [0.05, 0.1) is 23.8 Å². The fourth-order valence-corrected chi connectivity index (χ4v) is 5.58. The molecule has 170 valence electrons. The van der Waals surface area contributed by atoms with E-state index in [1.165, 1.54) is 4.31 Å². The van der Waals surface area contributed by atoms with Gasteiger partial charge < -0.3 is 4.74 Å². The lowest BCUT2D eigenvalue weighted by Crippen LogP contribution is -2.51. The van der Waals surface area contributed by atoms with Crippen LogP contribution in [0.1, 0.15) is 29.2 Å². The predicted octanol–water partition coefficient (Wildman–Crippen LogP) is 4.21. The number of rotatable bonds is 6. The Hall–Kier alpha value is -3.29. The van der Waals surface area contributed by atoms with Gasteiger partial charge in [0, 0.05) is 5.56 Å². The van der Waals surface area contributed by atoms with Crippen LogP contribution in [0, 0.1) is 13.8 Å². The molecule has 6 nitrogen and oxygen atoms in total. The van der Waals surface area contributed by atoms with Crippen molar-refractivity contribution in [3.05, 3.63) is 101 Å². The molecule has 1 unspecified atom stereocenters. The molecule has 1 atom stereocenters. The number of hydrogen-bond acceptors (Lipinski definition) is 5. The summed E-state index contributed by atoms with van der Waals surface area (Å²) in [5.74, 6) is -0.725. The van der Waals surface area contributed by atoms with Gasteiger partial charge in [-0.05, 0) is 38.5 Å². The summed E-state index contributed by atoms with van der Waals surface area (Å²) in [5.41, 5.74) is 1.65. The highest BCUT2D eigenvalue weighted by molar-refractivity contribution is 7.89. The second-order valence-electron chi connectivity index (χ2n) is 8.01. The minimum Gasteiger partial charge on any atom is -0.463 e. The minimum absolute atomic E-state index is 0.0625. The molecule has 0 N–H and O–H groups in total. The molecule has 0 saturated heterocycles. The van der Waals surface area contributed by atoms with Crippen LogP contribution in [0.4, 0.5) is 0 Å². The Morgan fingerprint density at radius 3 is 2.30 bits per heavy atom. The molecule has 33 heavy (non-hydrogen) atoms. The molecule has 4 rings (SSSR count). The maximum Gasteiger partial charge on any atom is 0.355 e. The summed E-state index contributed by atoms with van der Waals surface area (Å²) in [6.07, 6.45) is 0. The van der Waals surface area contributed by atoms with E-state index in [1.54, 1.807) is 49.4 Å². The zero-order valence-electron chi connectivity index (χ0n) is 18.9. The van der Waals surface area contributed by atoms with Gasteiger partial charge in [-0.25, -0.2) is 18.2 Å². The van der Waals surface area contributed by atoms with E-state index in [2.05, 4.69) is 0 Å². The van der Waals surface area contributed by atoms with Gasteiger partial charge in [0.1, 0.15) is 0 Å². The second kappa shape index (κ2) is 8.92. The van der Waals surface area contributed by atoms with Crippen molar-refractivity contribution in [2.75, 3.05) is 13.2 Å². The average Bonchev–Trinajstić information content (AvgIpc) is 3.23. The first-order chi connectivity index (χ1) is 15.8. The van der Waals surface area contributed by atoms with Crippen molar-refractivity contribution in [3.8, 4) is 0 Å². The van der Waals surface area contributed by atoms with Crippen molar-refractivity contribution in [2.24, 2.45) is 4.99 Å². The molecular formula is C26H26N2O4S. The molecule has 0 spiro atoms. The van der Waals surface area contributed by atoms with Gasteiger partial charge in [-0.15, -0.1) is 0 Å². The molecule has 0 radical (unpaired) electrons. The van der Waals surface area contributed by atoms with Crippen molar-refractivity contribution >= 4 is 21.7 Å². The second-order valence-corrected chi connectivity index (χ2v) is 9.87. The van der Waals surface area contributed by atoms with E-state index >= 15 is 0 Å². The number of sulfonamides is 1. The van der Waals surface area contributed by atoms with Gasteiger partial charge in [-0.1, -0.05) is 77.9 Å². The molecule has 0 bridgehead atoms. The van der Waals surface area contributed by atoms with Crippen LogP contribution in [0.3, 0.4) is 0 Å². The third-order valence-corrected chi connectivity index (χ3v) is 7.49. The van der Waals surface area contributed by atoms with Gasteiger partial charge in [-0.2, -0.15) is 4.31 Å². The zero-order valence-corrected chi connectivity index (χ0v) is 19.7. The Morgan fingerprint density at radius 2 is 1.67 bits per heavy atom. The van der Waals surface area contributed by atoms with E-state index in [9.17, 15) is 13.2 Å². The summed E-state index contributed by atoms with van der Waals surface area (Å²) < 4.78 is 34.5. The van der Waals surface area contributed by atoms with Crippen molar-refractivity contribution < 1.29 is 17.9 Å². The highest BCUT2D eigenvalue weighted by Gasteiger charge is 2.57. The highest BCUT2D eigenvalue weighted by Crippen LogP contribution is 2.41. The number of aryl methyl sites for hydroxylation is 2. The molecule has 3 aromatic rings. The van der Waals surface area contributed by atoms with Gasteiger partial charge >= 0.3 is 5.97 Å². The SMILES string of the molecule is CCOC(=O)C1(c2cccc(C)c2)N=C(c2ccccc2)CN1S(=O)(=O)c1ccc(C)cc1. The van der Waals surface area contributed by atoms with E-state index in [0.717, 1.165) is 16.7 Å². The van der Waals surface area contributed by atoms with Crippen LogP contribution >= 0.6 is 0 Å². The molecule has 1 heterocycles. The van der Waals surface area contributed by atoms with E-state index < -0.39 is 21.7 Å². The first kappa shape index (κ1) is 22.9. The fraction of sp³-hybridized carbons (Fsp3) is 0.231. The number of hydrogen-bond donors (Lipinski definition) is 0. The standard InChI is InChI=1S/C26H26N2O4S/c1-4-32-25(29)26(22-12-8-9-20(3)17-22)27-24(21-10-6-5-7-11-21)18-28(26)33(30,31)23-15-13-19(2)14-16-23/h5-17H,4,18H2,1-3H3. The van der Waals surface area contributed by atoms with Gasteiger partial charge in [0.15, 0.2) is 0 Å². The third kappa shape index (κ3) is 4.10. The van der Waals surface area contributed by atoms with Crippen LogP contribution in [0.2, 0.25) is 0 Å². The summed E-state index contributed by atoms with van der Waals surface area (Å²) in [4.78, 5) is 18.5. The number of ether oxygens (including phenoxy) is 1. The Balaban J connectivity index is 1.99. The lowest BCUT2D eigenvalue weighted by atomic mass is 9.98. The maximum atomic E-state index is 14.0. The first-order valence-electron chi connectivity index (χ1n) is 10.8. The lowest BCUT2D eigenvalue weighted by molar-refractivity contribution is -0.154. The predicted molar refractivity (Wildman–Crippen MR) is 128 cm³/mol. The van der Waals surface area contributed by atoms with Crippen molar-refractivity contribution in [3.63, 3.8) is 0 Å². The monoisotopic (exact) mass is 462 g/mol. The smallest absolute Gasteiger partial charge is 0.355 e. The molecule has 0 amide bonds. The van der Waals surface area contributed by atoms with Gasteiger partial charge in [0.2, 0.25) is 10.0 Å². The molecule has 7 heteroatoms. The topological polar surface area (TPSA) is 76.0 Å². The third-order valence-electron chi connectivity index (χ3n) is 5.65. The number of carbonyl (C=O) groups excluding carboxylic acids is 1. The van der Waals surface area contributed by atoms with E-state index in [0.29, 0.717) is 11.3 Å². The highest BCUT2D eigenvalue weighted by atomic mass is 32.2. The Kier molecular flexibility index (Phi) is 6.19. The normalized spacial score (nSPS) is 18.7. The molecule has 0 saturated carbocycles. The Bertz CT molecular complexity index is 1300. The number of nitrogens with zero attached hydrogens (tertiary/aromatic N) is 2. The number of benzene rings is 3. The molecular weight excluding hydrogens is 436 g/mol. The quantitative estimate of drug-likeness (QED) is 0.514. The summed E-state index contributed by atoms with van der Waals surface area (Å²) in [6, 6.07) is 23.1. The number of carbonyl (C=O) groups is 1. The molecule has 1 aliphatic rings.